The summed E-state index contributed by atoms with van der Waals surface area (Å²) >= 11 is 0. The number of ether oxygens (including phenoxy) is 1. The summed E-state index contributed by atoms with van der Waals surface area (Å²) in [7, 11) is 0. The fourth-order valence-corrected chi connectivity index (χ4v) is 1.32. The van der Waals surface area contributed by atoms with Crippen molar-refractivity contribution in [1.82, 2.24) is 0 Å². The van der Waals surface area contributed by atoms with E-state index in [1.165, 1.54) is 24.3 Å². The van der Waals surface area contributed by atoms with Crippen LogP contribution in [0.4, 0.5) is 13.2 Å². The molecule has 0 amide bonds. The summed E-state index contributed by atoms with van der Waals surface area (Å²) in [6, 6.07) is 5.23. The number of halogens is 3. The summed E-state index contributed by atoms with van der Waals surface area (Å²) in [5, 5.41) is 0. The van der Waals surface area contributed by atoms with E-state index >= 15 is 0 Å². The molecule has 0 fully saturated rings. The van der Waals surface area contributed by atoms with Gasteiger partial charge < -0.3 is 10.5 Å². The second-order valence-electron chi connectivity index (χ2n) is 3.97. The molecule has 0 saturated heterocycles. The van der Waals surface area contributed by atoms with Gasteiger partial charge in [-0.25, -0.2) is 0 Å². The maximum atomic E-state index is 11.9. The molecular formula is C12H14F3NO2. The van der Waals surface area contributed by atoms with Crippen LogP contribution in [0.2, 0.25) is 0 Å². The molecule has 0 heterocycles. The Bertz CT molecular complexity index is 401. The minimum Gasteiger partial charge on any atom is -0.406 e. The molecule has 2 N–H and O–H groups in total. The van der Waals surface area contributed by atoms with Crippen molar-refractivity contribution in [2.45, 2.75) is 19.7 Å². The van der Waals surface area contributed by atoms with Gasteiger partial charge in [-0.15, -0.1) is 13.2 Å². The minimum absolute atomic E-state index is 0.0398. The molecule has 1 atom stereocenters. The standard InChI is InChI=1S/C12H14F3NO2/c1-8(7-16)11(17)6-9-2-4-10(5-3-9)18-12(13,14)15/h2-5,8H,6-7,16H2,1H3. The fraction of sp³-hybridized carbons (Fsp3) is 0.417. The Labute approximate surface area is 103 Å². The monoisotopic (exact) mass is 261 g/mol. The van der Waals surface area contributed by atoms with Crippen LogP contribution in [-0.4, -0.2) is 18.7 Å². The van der Waals surface area contributed by atoms with Crippen LogP contribution in [-0.2, 0) is 11.2 Å². The van der Waals surface area contributed by atoms with Gasteiger partial charge in [0.1, 0.15) is 11.5 Å². The quantitative estimate of drug-likeness (QED) is 0.884. The van der Waals surface area contributed by atoms with Gasteiger partial charge in [0, 0.05) is 18.9 Å². The number of nitrogens with two attached hydrogens (primary N) is 1. The predicted octanol–water partition coefficient (Wildman–Crippen LogP) is 2.29. The minimum atomic E-state index is -4.70. The zero-order chi connectivity index (χ0) is 13.8. The SMILES string of the molecule is CC(CN)C(=O)Cc1ccc(OC(F)(F)F)cc1. The molecule has 1 aromatic rings. The van der Waals surface area contributed by atoms with Crippen molar-refractivity contribution in [3.8, 4) is 5.75 Å². The highest BCUT2D eigenvalue weighted by Crippen LogP contribution is 2.23. The van der Waals surface area contributed by atoms with Crippen molar-refractivity contribution in [1.29, 1.82) is 0 Å². The highest BCUT2D eigenvalue weighted by Gasteiger charge is 2.30. The van der Waals surface area contributed by atoms with Crippen LogP contribution in [0, 0.1) is 5.92 Å². The number of hydrogen-bond acceptors (Lipinski definition) is 3. The summed E-state index contributed by atoms with van der Waals surface area (Å²) in [6.45, 7) is 1.97. The number of hydrogen-bond donors (Lipinski definition) is 1. The molecule has 0 spiro atoms. The van der Waals surface area contributed by atoms with Crippen molar-refractivity contribution in [2.75, 3.05) is 6.54 Å². The molecule has 0 aliphatic heterocycles. The molecule has 1 unspecified atom stereocenters. The second kappa shape index (κ2) is 5.86. The summed E-state index contributed by atoms with van der Waals surface area (Å²) < 4.78 is 39.5. The first-order chi connectivity index (χ1) is 8.31. The number of Topliss-reactive ketones (excluding diaryl/α,β-unsaturated/α-hetero) is 1. The average molecular weight is 261 g/mol. The molecule has 0 aliphatic carbocycles. The van der Waals surface area contributed by atoms with Crippen LogP contribution in [0.5, 0.6) is 5.75 Å². The van der Waals surface area contributed by atoms with Gasteiger partial charge in [0.05, 0.1) is 0 Å². The van der Waals surface area contributed by atoms with E-state index in [0.717, 1.165) is 0 Å². The largest absolute Gasteiger partial charge is 0.573 e. The Morgan fingerprint density at radius 3 is 2.33 bits per heavy atom. The van der Waals surface area contributed by atoms with Crippen molar-refractivity contribution >= 4 is 5.78 Å². The first-order valence-electron chi connectivity index (χ1n) is 5.39. The zero-order valence-electron chi connectivity index (χ0n) is 9.83. The van der Waals surface area contributed by atoms with E-state index in [-0.39, 0.29) is 30.4 Å². The van der Waals surface area contributed by atoms with Gasteiger partial charge in [-0.05, 0) is 17.7 Å². The fourth-order valence-electron chi connectivity index (χ4n) is 1.32. The van der Waals surface area contributed by atoms with Crippen molar-refractivity contribution in [3.05, 3.63) is 29.8 Å². The molecule has 0 aliphatic rings. The second-order valence-corrected chi connectivity index (χ2v) is 3.97. The Kier molecular flexibility index (Phi) is 4.72. The van der Waals surface area contributed by atoms with E-state index < -0.39 is 6.36 Å². The summed E-state index contributed by atoms with van der Waals surface area (Å²) in [5.41, 5.74) is 5.99. The van der Waals surface area contributed by atoms with Crippen molar-refractivity contribution in [2.24, 2.45) is 11.7 Å². The van der Waals surface area contributed by atoms with E-state index in [9.17, 15) is 18.0 Å². The molecule has 100 valence electrons. The van der Waals surface area contributed by atoms with Gasteiger partial charge in [0.2, 0.25) is 0 Å². The first kappa shape index (κ1) is 14.5. The predicted molar refractivity (Wildman–Crippen MR) is 60.1 cm³/mol. The van der Waals surface area contributed by atoms with Crippen LogP contribution in [0.25, 0.3) is 0 Å². The molecular weight excluding hydrogens is 247 g/mol. The lowest BCUT2D eigenvalue weighted by Crippen LogP contribution is -2.22. The highest BCUT2D eigenvalue weighted by molar-refractivity contribution is 5.83. The van der Waals surface area contributed by atoms with E-state index in [0.29, 0.717) is 5.56 Å². The molecule has 0 bridgehead atoms. The Balaban J connectivity index is 2.63. The molecule has 0 aromatic heterocycles. The lowest BCUT2D eigenvalue weighted by molar-refractivity contribution is -0.274. The van der Waals surface area contributed by atoms with Crippen LogP contribution in [0.3, 0.4) is 0 Å². The number of carbonyl (C=O) groups excluding carboxylic acids is 1. The summed E-state index contributed by atoms with van der Waals surface area (Å²) in [5.74, 6) is -0.594. The number of carbonyl (C=O) groups is 1. The summed E-state index contributed by atoms with van der Waals surface area (Å²) in [6.07, 6.45) is -4.55. The lowest BCUT2D eigenvalue weighted by Gasteiger charge is -2.10. The molecule has 1 rings (SSSR count). The number of rotatable bonds is 5. The highest BCUT2D eigenvalue weighted by atomic mass is 19.4. The number of benzene rings is 1. The van der Waals surface area contributed by atoms with Gasteiger partial charge in [0.15, 0.2) is 0 Å². The molecule has 3 nitrogen and oxygen atoms in total. The maximum absolute atomic E-state index is 11.9. The van der Waals surface area contributed by atoms with Crippen molar-refractivity contribution < 1.29 is 22.7 Å². The lowest BCUT2D eigenvalue weighted by atomic mass is 10.00. The molecule has 0 radical (unpaired) electrons. The topological polar surface area (TPSA) is 52.3 Å². The van der Waals surface area contributed by atoms with Crippen molar-refractivity contribution in [3.63, 3.8) is 0 Å². The third kappa shape index (κ3) is 4.75. The first-order valence-corrected chi connectivity index (χ1v) is 5.39. The third-order valence-electron chi connectivity index (χ3n) is 2.44. The molecule has 0 saturated carbocycles. The van der Waals surface area contributed by atoms with Gasteiger partial charge >= 0.3 is 6.36 Å². The van der Waals surface area contributed by atoms with E-state index in [4.69, 9.17) is 5.73 Å². The van der Waals surface area contributed by atoms with Gasteiger partial charge in [-0.1, -0.05) is 19.1 Å². The Hall–Kier alpha value is -1.56. The number of alkyl halides is 3. The van der Waals surface area contributed by atoms with Crippen LogP contribution < -0.4 is 10.5 Å². The summed E-state index contributed by atoms with van der Waals surface area (Å²) in [4.78, 5) is 11.6. The van der Waals surface area contributed by atoms with Crippen LogP contribution in [0.15, 0.2) is 24.3 Å². The van der Waals surface area contributed by atoms with Crippen LogP contribution >= 0.6 is 0 Å². The van der Waals surface area contributed by atoms with E-state index in [1.54, 1.807) is 6.92 Å². The van der Waals surface area contributed by atoms with Crippen LogP contribution in [0.1, 0.15) is 12.5 Å². The normalized spacial score (nSPS) is 13.2. The molecule has 6 heteroatoms. The number of ketones is 1. The van der Waals surface area contributed by atoms with Gasteiger partial charge in [-0.3, -0.25) is 4.79 Å². The molecule has 1 aromatic carbocycles. The average Bonchev–Trinajstić information content (AvgIpc) is 2.28. The van der Waals surface area contributed by atoms with E-state index in [1.807, 2.05) is 0 Å². The third-order valence-corrected chi connectivity index (χ3v) is 2.44. The van der Waals surface area contributed by atoms with E-state index in [2.05, 4.69) is 4.74 Å². The molecule has 18 heavy (non-hydrogen) atoms. The smallest absolute Gasteiger partial charge is 0.406 e. The Morgan fingerprint density at radius 1 is 1.33 bits per heavy atom. The Morgan fingerprint density at radius 2 is 1.89 bits per heavy atom. The maximum Gasteiger partial charge on any atom is 0.573 e. The van der Waals surface area contributed by atoms with Gasteiger partial charge in [-0.2, -0.15) is 0 Å². The zero-order valence-corrected chi connectivity index (χ0v) is 9.83. The van der Waals surface area contributed by atoms with Gasteiger partial charge in [0.25, 0.3) is 0 Å².